The highest BCUT2D eigenvalue weighted by Crippen LogP contribution is 2.39. The maximum atomic E-state index is 4.58. The zero-order valence-electron chi connectivity index (χ0n) is 12.0. The van der Waals surface area contributed by atoms with E-state index < -0.39 is 0 Å². The molecule has 1 aromatic heterocycles. The second kappa shape index (κ2) is 5.16. The van der Waals surface area contributed by atoms with Gasteiger partial charge in [-0.25, -0.2) is 0 Å². The van der Waals surface area contributed by atoms with Gasteiger partial charge in [0.25, 0.3) is 0 Å². The lowest BCUT2D eigenvalue weighted by Gasteiger charge is -2.35. The number of fused-ring (bicyclic) bond motifs is 2. The normalized spacial score (nSPS) is 17.9. The van der Waals surface area contributed by atoms with Gasteiger partial charge >= 0.3 is 0 Å². The Morgan fingerprint density at radius 2 is 2.00 bits per heavy atom. The number of aliphatic imine (C=N–C) groups is 1. The van der Waals surface area contributed by atoms with Crippen molar-refractivity contribution in [2.45, 2.75) is 0 Å². The molecule has 0 amide bonds. The number of benzene rings is 1. The minimum atomic E-state index is 1.03. The summed E-state index contributed by atoms with van der Waals surface area (Å²) in [4.78, 5) is 9.43. The van der Waals surface area contributed by atoms with Crippen molar-refractivity contribution < 1.29 is 0 Å². The minimum Gasteiger partial charge on any atom is -0.367 e. The Kier molecular flexibility index (Phi) is 3.16. The standard InChI is InChI=1S/C16H18N4S/c1-19-5-7-20(8-6-19)15-4-2-3-12-9-17-13-10-21-11-14(13)18-16(12)15/h2-4,9-11,18H,5-8H2,1H3. The van der Waals surface area contributed by atoms with Crippen LogP contribution in [0.4, 0.5) is 22.7 Å². The number of anilines is 3. The van der Waals surface area contributed by atoms with Gasteiger partial charge in [0.1, 0.15) is 0 Å². The summed E-state index contributed by atoms with van der Waals surface area (Å²) >= 11 is 1.68. The van der Waals surface area contributed by atoms with E-state index in [1.54, 1.807) is 11.3 Å². The molecule has 21 heavy (non-hydrogen) atoms. The molecule has 4 rings (SSSR count). The van der Waals surface area contributed by atoms with Crippen molar-refractivity contribution in [1.82, 2.24) is 4.90 Å². The van der Waals surface area contributed by atoms with Crippen LogP contribution in [0, 0.1) is 0 Å². The second-order valence-electron chi connectivity index (χ2n) is 5.59. The molecule has 2 aliphatic heterocycles. The summed E-state index contributed by atoms with van der Waals surface area (Å²) in [6, 6.07) is 6.46. The van der Waals surface area contributed by atoms with E-state index in [1.165, 1.54) is 11.4 Å². The molecule has 108 valence electrons. The third-order valence-corrected chi connectivity index (χ3v) is 4.89. The first-order chi connectivity index (χ1) is 10.3. The molecule has 0 atom stereocenters. The minimum absolute atomic E-state index is 1.03. The van der Waals surface area contributed by atoms with Crippen LogP contribution in [-0.4, -0.2) is 44.3 Å². The van der Waals surface area contributed by atoms with E-state index in [4.69, 9.17) is 0 Å². The molecule has 2 aliphatic rings. The van der Waals surface area contributed by atoms with Gasteiger partial charge in [-0.1, -0.05) is 12.1 Å². The summed E-state index contributed by atoms with van der Waals surface area (Å²) in [5.74, 6) is 0. The smallest absolute Gasteiger partial charge is 0.0971 e. The van der Waals surface area contributed by atoms with Crippen LogP contribution < -0.4 is 10.2 Å². The third kappa shape index (κ3) is 2.32. The predicted octanol–water partition coefficient (Wildman–Crippen LogP) is 3.31. The van der Waals surface area contributed by atoms with E-state index in [2.05, 4.69) is 56.1 Å². The molecule has 1 aromatic carbocycles. The predicted molar refractivity (Wildman–Crippen MR) is 91.0 cm³/mol. The fourth-order valence-electron chi connectivity index (χ4n) is 2.87. The van der Waals surface area contributed by atoms with Gasteiger partial charge in [0.15, 0.2) is 0 Å². The highest BCUT2D eigenvalue weighted by molar-refractivity contribution is 7.08. The Hall–Kier alpha value is -1.85. The topological polar surface area (TPSA) is 30.9 Å². The van der Waals surface area contributed by atoms with Gasteiger partial charge < -0.3 is 15.1 Å². The Bertz CT molecular complexity index is 683. The monoisotopic (exact) mass is 298 g/mol. The summed E-state index contributed by atoms with van der Waals surface area (Å²) in [5.41, 5.74) is 5.76. The van der Waals surface area contributed by atoms with E-state index in [9.17, 15) is 0 Å². The lowest BCUT2D eigenvalue weighted by molar-refractivity contribution is 0.313. The fraction of sp³-hybridized carbons (Fsp3) is 0.312. The van der Waals surface area contributed by atoms with Gasteiger partial charge in [-0.15, -0.1) is 11.3 Å². The van der Waals surface area contributed by atoms with E-state index in [1.807, 2.05) is 6.21 Å². The zero-order chi connectivity index (χ0) is 14.2. The molecule has 0 spiro atoms. The molecule has 1 fully saturated rings. The quantitative estimate of drug-likeness (QED) is 0.748. The fourth-order valence-corrected chi connectivity index (χ4v) is 3.57. The van der Waals surface area contributed by atoms with Crippen molar-refractivity contribution in [3.8, 4) is 0 Å². The summed E-state index contributed by atoms with van der Waals surface area (Å²) in [6.07, 6.45) is 1.97. The maximum absolute atomic E-state index is 4.58. The number of hydrogen-bond donors (Lipinski definition) is 1. The van der Waals surface area contributed by atoms with Crippen molar-refractivity contribution in [2.24, 2.45) is 4.99 Å². The molecular weight excluding hydrogens is 280 g/mol. The molecule has 0 unspecified atom stereocenters. The Morgan fingerprint density at radius 3 is 2.86 bits per heavy atom. The average molecular weight is 298 g/mol. The lowest BCUT2D eigenvalue weighted by atomic mass is 10.1. The van der Waals surface area contributed by atoms with Gasteiger partial charge in [-0.3, -0.25) is 4.99 Å². The van der Waals surface area contributed by atoms with E-state index in [-0.39, 0.29) is 0 Å². The molecule has 0 bridgehead atoms. The second-order valence-corrected chi connectivity index (χ2v) is 6.33. The van der Waals surface area contributed by atoms with Gasteiger partial charge in [-0.2, -0.15) is 0 Å². The summed E-state index contributed by atoms with van der Waals surface area (Å²) in [6.45, 7) is 4.37. The van der Waals surface area contributed by atoms with Crippen molar-refractivity contribution in [3.63, 3.8) is 0 Å². The van der Waals surface area contributed by atoms with Crippen molar-refractivity contribution in [3.05, 3.63) is 34.5 Å². The summed E-state index contributed by atoms with van der Waals surface area (Å²) < 4.78 is 0. The van der Waals surface area contributed by atoms with Gasteiger partial charge in [0.05, 0.1) is 22.7 Å². The molecule has 0 saturated carbocycles. The first-order valence-corrected chi connectivity index (χ1v) is 8.19. The van der Waals surface area contributed by atoms with Crippen LogP contribution in [0.5, 0.6) is 0 Å². The van der Waals surface area contributed by atoms with Crippen molar-refractivity contribution in [2.75, 3.05) is 43.4 Å². The van der Waals surface area contributed by atoms with E-state index in [0.29, 0.717) is 0 Å². The largest absolute Gasteiger partial charge is 0.367 e. The highest BCUT2D eigenvalue weighted by atomic mass is 32.1. The number of hydrogen-bond acceptors (Lipinski definition) is 5. The molecule has 3 heterocycles. The summed E-state index contributed by atoms with van der Waals surface area (Å²) in [5, 5.41) is 7.80. The van der Waals surface area contributed by atoms with Gasteiger partial charge in [0, 0.05) is 48.7 Å². The molecule has 0 aliphatic carbocycles. The molecule has 4 nitrogen and oxygen atoms in total. The van der Waals surface area contributed by atoms with Crippen molar-refractivity contribution in [1.29, 1.82) is 0 Å². The zero-order valence-corrected chi connectivity index (χ0v) is 12.9. The third-order valence-electron chi connectivity index (χ3n) is 4.16. The van der Waals surface area contributed by atoms with Crippen LogP contribution in [0.3, 0.4) is 0 Å². The first-order valence-electron chi connectivity index (χ1n) is 7.25. The van der Waals surface area contributed by atoms with Crippen LogP contribution in [0.15, 0.2) is 34.0 Å². The van der Waals surface area contributed by atoms with Crippen LogP contribution in [0.1, 0.15) is 5.56 Å². The first kappa shape index (κ1) is 12.9. The van der Waals surface area contributed by atoms with Gasteiger partial charge in [0.2, 0.25) is 0 Å². The maximum Gasteiger partial charge on any atom is 0.0971 e. The highest BCUT2D eigenvalue weighted by Gasteiger charge is 2.20. The molecular formula is C16H18N4S. The number of rotatable bonds is 1. The number of thiophene rings is 1. The molecule has 2 aromatic rings. The Labute approximate surface area is 128 Å². The summed E-state index contributed by atoms with van der Waals surface area (Å²) in [7, 11) is 2.19. The number of likely N-dealkylation sites (N-methyl/N-ethyl adjacent to an activating group) is 1. The van der Waals surface area contributed by atoms with Crippen LogP contribution in [0.25, 0.3) is 0 Å². The Morgan fingerprint density at radius 1 is 1.14 bits per heavy atom. The number of piperazine rings is 1. The van der Waals surface area contributed by atoms with Crippen LogP contribution in [0.2, 0.25) is 0 Å². The molecule has 1 N–H and O–H groups in total. The van der Waals surface area contributed by atoms with E-state index >= 15 is 0 Å². The van der Waals surface area contributed by atoms with Crippen LogP contribution in [-0.2, 0) is 0 Å². The van der Waals surface area contributed by atoms with Gasteiger partial charge in [-0.05, 0) is 13.1 Å². The SMILES string of the molecule is CN1CCN(c2cccc3c2Nc2cscc2N=C3)CC1. The number of nitrogens with zero attached hydrogens (tertiary/aromatic N) is 3. The average Bonchev–Trinajstić information content (AvgIpc) is 2.87. The Balaban J connectivity index is 1.74. The van der Waals surface area contributed by atoms with E-state index in [0.717, 1.165) is 43.1 Å². The number of para-hydroxylation sites is 1. The lowest BCUT2D eigenvalue weighted by Crippen LogP contribution is -2.44. The van der Waals surface area contributed by atoms with Crippen LogP contribution >= 0.6 is 11.3 Å². The molecule has 0 radical (unpaired) electrons. The molecule has 1 saturated heterocycles. The molecule has 5 heteroatoms. The van der Waals surface area contributed by atoms with Crippen molar-refractivity contribution >= 4 is 40.3 Å². The number of nitrogens with one attached hydrogen (secondary N) is 1.